The molecule has 76 valence electrons. The number of rotatable bonds is 3. The Morgan fingerprint density at radius 3 is 3.07 bits per heavy atom. The molecule has 1 aromatic rings. The SMILES string of the molecule is COC(=O)c1ncn(CC2CCC2)n1. The second kappa shape index (κ2) is 3.77. The van der Waals surface area contributed by atoms with Crippen molar-refractivity contribution >= 4 is 5.97 Å². The van der Waals surface area contributed by atoms with Gasteiger partial charge in [0.05, 0.1) is 7.11 Å². The van der Waals surface area contributed by atoms with Crippen LogP contribution in [0.4, 0.5) is 0 Å². The summed E-state index contributed by atoms with van der Waals surface area (Å²) in [7, 11) is 1.33. The van der Waals surface area contributed by atoms with Gasteiger partial charge in [0.2, 0.25) is 0 Å². The highest BCUT2D eigenvalue weighted by Crippen LogP contribution is 2.27. The van der Waals surface area contributed by atoms with Gasteiger partial charge in [-0.25, -0.2) is 9.78 Å². The van der Waals surface area contributed by atoms with Crippen LogP contribution in [0.25, 0.3) is 0 Å². The summed E-state index contributed by atoms with van der Waals surface area (Å²) in [6.45, 7) is 0.865. The average molecular weight is 195 g/mol. The van der Waals surface area contributed by atoms with Crippen molar-refractivity contribution in [2.75, 3.05) is 7.11 Å². The van der Waals surface area contributed by atoms with Gasteiger partial charge in [-0.15, -0.1) is 5.10 Å². The molecule has 0 amide bonds. The molecule has 0 spiro atoms. The van der Waals surface area contributed by atoms with Crippen LogP contribution in [0.1, 0.15) is 29.9 Å². The van der Waals surface area contributed by atoms with Crippen molar-refractivity contribution < 1.29 is 9.53 Å². The molecule has 0 atom stereocenters. The molecule has 14 heavy (non-hydrogen) atoms. The number of aromatic nitrogens is 3. The van der Waals surface area contributed by atoms with E-state index in [1.807, 2.05) is 0 Å². The fraction of sp³-hybridized carbons (Fsp3) is 0.667. The van der Waals surface area contributed by atoms with E-state index in [1.165, 1.54) is 26.4 Å². The number of ether oxygens (including phenoxy) is 1. The van der Waals surface area contributed by atoms with Crippen LogP contribution in [0.2, 0.25) is 0 Å². The molecule has 1 saturated carbocycles. The molecule has 5 nitrogen and oxygen atoms in total. The second-order valence-corrected chi connectivity index (χ2v) is 3.58. The van der Waals surface area contributed by atoms with E-state index in [0.717, 1.165) is 6.54 Å². The molecule has 5 heteroatoms. The van der Waals surface area contributed by atoms with Gasteiger partial charge in [0, 0.05) is 6.54 Å². The molecule has 1 aromatic heterocycles. The molecule has 0 aromatic carbocycles. The third-order valence-corrected chi connectivity index (χ3v) is 2.57. The number of hydrogen-bond donors (Lipinski definition) is 0. The highest BCUT2D eigenvalue weighted by Gasteiger charge is 2.19. The fourth-order valence-electron chi connectivity index (χ4n) is 1.51. The van der Waals surface area contributed by atoms with Crippen LogP contribution in [0.5, 0.6) is 0 Å². The van der Waals surface area contributed by atoms with Gasteiger partial charge in [-0.2, -0.15) is 0 Å². The van der Waals surface area contributed by atoms with E-state index in [1.54, 1.807) is 11.0 Å². The third-order valence-electron chi connectivity index (χ3n) is 2.57. The maximum Gasteiger partial charge on any atom is 0.377 e. The smallest absolute Gasteiger partial charge is 0.377 e. The van der Waals surface area contributed by atoms with Crippen molar-refractivity contribution in [2.45, 2.75) is 25.8 Å². The standard InChI is InChI=1S/C9H13N3O2/c1-14-9(13)8-10-6-12(11-8)5-7-3-2-4-7/h6-7H,2-5H2,1H3. The summed E-state index contributed by atoms with van der Waals surface area (Å²) in [4.78, 5) is 14.9. The Bertz CT molecular complexity index is 331. The predicted octanol–water partition coefficient (Wildman–Crippen LogP) is 0.865. The van der Waals surface area contributed by atoms with E-state index < -0.39 is 5.97 Å². The van der Waals surface area contributed by atoms with Crippen LogP contribution in [0.3, 0.4) is 0 Å². The van der Waals surface area contributed by atoms with E-state index >= 15 is 0 Å². The number of hydrogen-bond acceptors (Lipinski definition) is 4. The average Bonchev–Trinajstić information content (AvgIpc) is 2.58. The van der Waals surface area contributed by atoms with Crippen molar-refractivity contribution in [3.63, 3.8) is 0 Å². The molecule has 0 bridgehead atoms. The first-order valence-electron chi connectivity index (χ1n) is 4.77. The molecule has 1 aliphatic rings. The number of methoxy groups -OCH3 is 1. The van der Waals surface area contributed by atoms with Gasteiger partial charge in [0.15, 0.2) is 0 Å². The Labute approximate surface area is 82.1 Å². The van der Waals surface area contributed by atoms with Gasteiger partial charge < -0.3 is 4.74 Å². The molecule has 2 rings (SSSR count). The van der Waals surface area contributed by atoms with Crippen LogP contribution < -0.4 is 0 Å². The molecule has 0 N–H and O–H groups in total. The van der Waals surface area contributed by atoms with Gasteiger partial charge in [-0.05, 0) is 18.8 Å². The zero-order chi connectivity index (χ0) is 9.97. The Morgan fingerprint density at radius 2 is 2.50 bits per heavy atom. The minimum absolute atomic E-state index is 0.145. The van der Waals surface area contributed by atoms with E-state index in [4.69, 9.17) is 0 Å². The predicted molar refractivity (Wildman–Crippen MR) is 48.7 cm³/mol. The normalized spacial score (nSPS) is 16.4. The van der Waals surface area contributed by atoms with Crippen LogP contribution >= 0.6 is 0 Å². The summed E-state index contributed by atoms with van der Waals surface area (Å²) in [6.07, 6.45) is 5.41. The van der Waals surface area contributed by atoms with Gasteiger partial charge >= 0.3 is 5.97 Å². The molecule has 0 aliphatic heterocycles. The Balaban J connectivity index is 1.98. The highest BCUT2D eigenvalue weighted by atomic mass is 16.5. The quantitative estimate of drug-likeness (QED) is 0.671. The largest absolute Gasteiger partial charge is 0.463 e. The summed E-state index contributed by atoms with van der Waals surface area (Å²) in [5.74, 6) is 0.381. The second-order valence-electron chi connectivity index (χ2n) is 3.58. The molecule has 1 heterocycles. The lowest BCUT2D eigenvalue weighted by atomic mass is 9.86. The zero-order valence-electron chi connectivity index (χ0n) is 8.14. The molecule has 0 saturated heterocycles. The lowest BCUT2D eigenvalue weighted by Gasteiger charge is -2.24. The lowest BCUT2D eigenvalue weighted by molar-refractivity contribution is 0.0586. The molecule has 0 radical (unpaired) electrons. The van der Waals surface area contributed by atoms with Crippen molar-refractivity contribution in [3.05, 3.63) is 12.2 Å². The monoisotopic (exact) mass is 195 g/mol. The van der Waals surface area contributed by atoms with Gasteiger partial charge in [-0.1, -0.05) is 6.42 Å². The maximum absolute atomic E-state index is 11.0. The van der Waals surface area contributed by atoms with Crippen LogP contribution in [0, 0.1) is 5.92 Å². The Morgan fingerprint density at radius 1 is 1.71 bits per heavy atom. The van der Waals surface area contributed by atoms with E-state index in [0.29, 0.717) is 5.92 Å². The Hall–Kier alpha value is -1.39. The summed E-state index contributed by atoms with van der Waals surface area (Å²) >= 11 is 0. The van der Waals surface area contributed by atoms with Crippen molar-refractivity contribution in [3.8, 4) is 0 Å². The Kier molecular flexibility index (Phi) is 2.47. The summed E-state index contributed by atoms with van der Waals surface area (Å²) in [5, 5.41) is 4.03. The number of nitrogens with zero attached hydrogens (tertiary/aromatic N) is 3. The molecular formula is C9H13N3O2. The minimum atomic E-state index is -0.475. The van der Waals surface area contributed by atoms with Crippen molar-refractivity contribution in [2.24, 2.45) is 5.92 Å². The highest BCUT2D eigenvalue weighted by molar-refractivity contribution is 5.84. The molecule has 0 unspecified atom stereocenters. The van der Waals surface area contributed by atoms with Gasteiger partial charge in [0.25, 0.3) is 5.82 Å². The van der Waals surface area contributed by atoms with Gasteiger partial charge in [0.1, 0.15) is 6.33 Å². The third kappa shape index (κ3) is 1.76. The van der Waals surface area contributed by atoms with E-state index in [-0.39, 0.29) is 5.82 Å². The number of esters is 1. The maximum atomic E-state index is 11.0. The summed E-state index contributed by atoms with van der Waals surface area (Å²) in [6, 6.07) is 0. The van der Waals surface area contributed by atoms with Crippen LogP contribution in [0.15, 0.2) is 6.33 Å². The first kappa shape index (κ1) is 9.18. The van der Waals surface area contributed by atoms with E-state index in [2.05, 4.69) is 14.8 Å². The zero-order valence-corrected chi connectivity index (χ0v) is 8.14. The minimum Gasteiger partial charge on any atom is -0.463 e. The molecular weight excluding hydrogens is 182 g/mol. The number of carbonyl (C=O) groups is 1. The summed E-state index contributed by atoms with van der Waals surface area (Å²) < 4.78 is 6.24. The first-order valence-corrected chi connectivity index (χ1v) is 4.77. The molecule has 1 aliphatic carbocycles. The molecule has 1 fully saturated rings. The first-order chi connectivity index (χ1) is 6.79. The lowest BCUT2D eigenvalue weighted by Crippen LogP contribution is -2.18. The number of carbonyl (C=O) groups excluding carboxylic acids is 1. The summed E-state index contributed by atoms with van der Waals surface area (Å²) in [5.41, 5.74) is 0. The van der Waals surface area contributed by atoms with E-state index in [9.17, 15) is 4.79 Å². The van der Waals surface area contributed by atoms with Gasteiger partial charge in [-0.3, -0.25) is 4.68 Å². The van der Waals surface area contributed by atoms with Crippen LogP contribution in [-0.2, 0) is 11.3 Å². The fourth-order valence-corrected chi connectivity index (χ4v) is 1.51. The topological polar surface area (TPSA) is 57.0 Å². The van der Waals surface area contributed by atoms with Crippen LogP contribution in [-0.4, -0.2) is 27.8 Å². The van der Waals surface area contributed by atoms with Crippen molar-refractivity contribution in [1.82, 2.24) is 14.8 Å². The van der Waals surface area contributed by atoms with Crippen molar-refractivity contribution in [1.29, 1.82) is 0 Å².